The minimum atomic E-state index is -4.74. The van der Waals surface area contributed by atoms with Gasteiger partial charge in [-0.25, -0.2) is 4.98 Å². The summed E-state index contributed by atoms with van der Waals surface area (Å²) < 4.78 is 40.1. The van der Waals surface area contributed by atoms with Crippen molar-refractivity contribution in [2.45, 2.75) is 19.0 Å². The topological polar surface area (TPSA) is 88.9 Å². The Morgan fingerprint density at radius 1 is 1.31 bits per heavy atom. The molecule has 3 heterocycles. The van der Waals surface area contributed by atoms with Crippen LogP contribution in [0, 0.1) is 0 Å². The van der Waals surface area contributed by atoms with Gasteiger partial charge in [0.25, 0.3) is 5.91 Å². The molecular formula is C18H14F3N5O2S. The van der Waals surface area contributed by atoms with Crippen LogP contribution >= 0.6 is 11.3 Å². The third-order valence-electron chi connectivity index (χ3n) is 4.36. The molecule has 0 bridgehead atoms. The van der Waals surface area contributed by atoms with Gasteiger partial charge in [-0.3, -0.25) is 19.6 Å². The smallest absolute Gasteiger partial charge is 0.326 e. The summed E-state index contributed by atoms with van der Waals surface area (Å²) in [6.45, 7) is 0. The van der Waals surface area contributed by atoms with E-state index in [1.807, 2.05) is 6.07 Å². The van der Waals surface area contributed by atoms with Gasteiger partial charge in [-0.05, 0) is 24.1 Å². The second-order valence-corrected chi connectivity index (χ2v) is 7.33. The number of fused-ring (bicyclic) bond motifs is 1. The molecule has 4 rings (SSSR count). The van der Waals surface area contributed by atoms with Crippen LogP contribution in [0.3, 0.4) is 0 Å². The average Bonchev–Trinajstić information content (AvgIpc) is 3.27. The van der Waals surface area contributed by atoms with Gasteiger partial charge in [-0.1, -0.05) is 6.07 Å². The molecule has 0 unspecified atom stereocenters. The molecule has 11 heteroatoms. The number of nitrogens with zero attached hydrogens (tertiary/aromatic N) is 3. The lowest BCUT2D eigenvalue weighted by molar-refractivity contribution is -0.141. The van der Waals surface area contributed by atoms with Crippen LogP contribution in [0.4, 0.5) is 24.0 Å². The minimum absolute atomic E-state index is 0.0301. The molecule has 0 atom stereocenters. The highest BCUT2D eigenvalue weighted by Gasteiger charge is 2.39. The maximum Gasteiger partial charge on any atom is 0.435 e. The van der Waals surface area contributed by atoms with Gasteiger partial charge in [0, 0.05) is 36.3 Å². The van der Waals surface area contributed by atoms with Crippen LogP contribution < -0.4 is 10.6 Å². The number of carbonyl (C=O) groups is 2. The number of nitrogens with one attached hydrogen (secondary N) is 2. The number of aryl methyl sites for hydroxylation is 2. The predicted octanol–water partition coefficient (Wildman–Crippen LogP) is 3.70. The van der Waals surface area contributed by atoms with Crippen molar-refractivity contribution < 1.29 is 22.8 Å². The average molecular weight is 421 g/mol. The standard InChI is InChI=1S/C18H14F3N5O2S/c1-26-7-11(15(25-26)18(19,20)21)16(28)24-17-23-13(8-29-17)10-2-4-12-9(6-10)3-5-14(27)22-12/h2,4,6-8H,3,5H2,1H3,(H,22,27)(H,23,24,28). The molecule has 150 valence electrons. The number of rotatable bonds is 3. The molecule has 1 aromatic carbocycles. The fraction of sp³-hybridized carbons (Fsp3) is 0.222. The summed E-state index contributed by atoms with van der Waals surface area (Å²) in [7, 11) is 1.31. The number of anilines is 2. The molecule has 0 aliphatic carbocycles. The molecule has 0 spiro atoms. The molecule has 2 amide bonds. The van der Waals surface area contributed by atoms with Crippen molar-refractivity contribution in [2.24, 2.45) is 7.05 Å². The van der Waals surface area contributed by atoms with E-state index in [0.29, 0.717) is 18.5 Å². The molecule has 29 heavy (non-hydrogen) atoms. The molecule has 2 N–H and O–H groups in total. The fourth-order valence-electron chi connectivity index (χ4n) is 3.03. The fourth-order valence-corrected chi connectivity index (χ4v) is 3.75. The van der Waals surface area contributed by atoms with Crippen molar-refractivity contribution in [3.05, 3.63) is 46.6 Å². The van der Waals surface area contributed by atoms with Gasteiger partial charge in [-0.2, -0.15) is 18.3 Å². The third-order valence-corrected chi connectivity index (χ3v) is 5.12. The zero-order valence-electron chi connectivity index (χ0n) is 15.0. The highest BCUT2D eigenvalue weighted by atomic mass is 32.1. The summed E-state index contributed by atoms with van der Waals surface area (Å²) in [5.41, 5.74) is 1.28. The van der Waals surface area contributed by atoms with Crippen molar-refractivity contribution in [3.63, 3.8) is 0 Å². The summed E-state index contributed by atoms with van der Waals surface area (Å²) in [5.74, 6) is -0.961. The van der Waals surface area contributed by atoms with Crippen molar-refractivity contribution in [1.29, 1.82) is 0 Å². The lowest BCUT2D eigenvalue weighted by Gasteiger charge is -2.17. The maximum atomic E-state index is 13.1. The maximum absolute atomic E-state index is 13.1. The van der Waals surface area contributed by atoms with Crippen LogP contribution in [0.1, 0.15) is 28.0 Å². The van der Waals surface area contributed by atoms with E-state index in [2.05, 4.69) is 20.7 Å². The number of thiazole rings is 1. The number of alkyl halides is 3. The summed E-state index contributed by atoms with van der Waals surface area (Å²) in [6, 6.07) is 5.47. The summed E-state index contributed by atoms with van der Waals surface area (Å²) in [6.07, 6.45) is -2.70. The van der Waals surface area contributed by atoms with Crippen molar-refractivity contribution in [3.8, 4) is 11.3 Å². The van der Waals surface area contributed by atoms with Gasteiger partial charge in [-0.15, -0.1) is 11.3 Å². The highest BCUT2D eigenvalue weighted by molar-refractivity contribution is 7.14. The first-order valence-corrected chi connectivity index (χ1v) is 9.39. The molecule has 0 fully saturated rings. The van der Waals surface area contributed by atoms with E-state index >= 15 is 0 Å². The van der Waals surface area contributed by atoms with Crippen LogP contribution in [-0.2, 0) is 24.4 Å². The molecular weight excluding hydrogens is 407 g/mol. The van der Waals surface area contributed by atoms with Crippen LogP contribution in [0.25, 0.3) is 11.3 Å². The number of hydrogen-bond donors (Lipinski definition) is 2. The molecule has 0 radical (unpaired) electrons. The number of amides is 2. The molecule has 0 saturated heterocycles. The van der Waals surface area contributed by atoms with Crippen molar-refractivity contribution >= 4 is 34.0 Å². The third kappa shape index (κ3) is 3.86. The first kappa shape index (κ1) is 19.1. The highest BCUT2D eigenvalue weighted by Crippen LogP contribution is 2.33. The lowest BCUT2D eigenvalue weighted by atomic mass is 9.99. The van der Waals surface area contributed by atoms with E-state index in [9.17, 15) is 22.8 Å². The van der Waals surface area contributed by atoms with E-state index in [1.54, 1.807) is 17.5 Å². The largest absolute Gasteiger partial charge is 0.435 e. The van der Waals surface area contributed by atoms with E-state index in [1.165, 1.54) is 7.05 Å². The van der Waals surface area contributed by atoms with Crippen LogP contribution in [-0.4, -0.2) is 26.6 Å². The molecule has 0 saturated carbocycles. The Balaban J connectivity index is 1.55. The monoisotopic (exact) mass is 421 g/mol. The molecule has 7 nitrogen and oxygen atoms in total. The van der Waals surface area contributed by atoms with Crippen molar-refractivity contribution in [2.75, 3.05) is 10.6 Å². The SMILES string of the molecule is Cn1cc(C(=O)Nc2nc(-c3ccc4c(c3)CCC(=O)N4)cs2)c(C(F)(F)F)n1. The number of hydrogen-bond acceptors (Lipinski definition) is 5. The van der Waals surface area contributed by atoms with E-state index in [4.69, 9.17) is 0 Å². The van der Waals surface area contributed by atoms with Gasteiger partial charge in [0.05, 0.1) is 11.3 Å². The zero-order chi connectivity index (χ0) is 20.8. The van der Waals surface area contributed by atoms with E-state index < -0.39 is 23.3 Å². The summed E-state index contributed by atoms with van der Waals surface area (Å²) in [4.78, 5) is 28.1. The lowest BCUT2D eigenvalue weighted by Crippen LogP contribution is -2.18. The van der Waals surface area contributed by atoms with Crippen LogP contribution in [0.5, 0.6) is 0 Å². The first-order chi connectivity index (χ1) is 13.7. The Hall–Kier alpha value is -3.21. The zero-order valence-corrected chi connectivity index (χ0v) is 15.8. The van der Waals surface area contributed by atoms with Crippen LogP contribution in [0.2, 0.25) is 0 Å². The van der Waals surface area contributed by atoms with Gasteiger partial charge in [0.15, 0.2) is 10.8 Å². The molecule has 1 aliphatic heterocycles. The van der Waals surface area contributed by atoms with E-state index in [0.717, 1.165) is 39.0 Å². The normalized spacial score (nSPS) is 13.7. The van der Waals surface area contributed by atoms with Gasteiger partial charge >= 0.3 is 6.18 Å². The number of benzene rings is 1. The summed E-state index contributed by atoms with van der Waals surface area (Å²) >= 11 is 1.10. The Morgan fingerprint density at radius 3 is 2.86 bits per heavy atom. The summed E-state index contributed by atoms with van der Waals surface area (Å²) in [5, 5.41) is 10.4. The Morgan fingerprint density at radius 2 is 2.10 bits per heavy atom. The minimum Gasteiger partial charge on any atom is -0.326 e. The molecule has 1 aliphatic rings. The molecule has 3 aromatic rings. The quantitative estimate of drug-likeness (QED) is 0.675. The Kier molecular flexibility index (Phi) is 4.61. The predicted molar refractivity (Wildman–Crippen MR) is 101 cm³/mol. The number of carbonyl (C=O) groups excluding carboxylic acids is 2. The Bertz CT molecular complexity index is 1120. The first-order valence-electron chi connectivity index (χ1n) is 8.51. The molecule has 2 aromatic heterocycles. The number of aromatic nitrogens is 3. The van der Waals surface area contributed by atoms with Gasteiger partial charge < -0.3 is 5.32 Å². The van der Waals surface area contributed by atoms with Gasteiger partial charge in [0.1, 0.15) is 0 Å². The van der Waals surface area contributed by atoms with Crippen molar-refractivity contribution in [1.82, 2.24) is 14.8 Å². The van der Waals surface area contributed by atoms with E-state index in [-0.39, 0.29) is 11.0 Å². The Labute approximate surface area is 166 Å². The second kappa shape index (κ2) is 6.99. The van der Waals surface area contributed by atoms with Crippen LogP contribution in [0.15, 0.2) is 29.8 Å². The van der Waals surface area contributed by atoms with Gasteiger partial charge in [0.2, 0.25) is 5.91 Å². The second-order valence-electron chi connectivity index (χ2n) is 6.47. The number of halogens is 3.